The lowest BCUT2D eigenvalue weighted by molar-refractivity contribution is 0.197. The number of aliphatic hydroxyl groups is 1. The second-order valence-electron chi connectivity index (χ2n) is 4.55. The van der Waals surface area contributed by atoms with E-state index in [4.69, 9.17) is 14.3 Å². The van der Waals surface area contributed by atoms with E-state index < -0.39 is 0 Å². The molecule has 1 heterocycles. The second kappa shape index (κ2) is 6.54. The molecule has 0 unspecified atom stereocenters. The zero-order valence-corrected chi connectivity index (χ0v) is 11.8. The Hall–Kier alpha value is -1.85. The van der Waals surface area contributed by atoms with Crippen LogP contribution in [0.1, 0.15) is 12.5 Å². The van der Waals surface area contributed by atoms with E-state index in [2.05, 4.69) is 4.90 Å². The maximum atomic E-state index is 11.7. The van der Waals surface area contributed by atoms with Crippen molar-refractivity contribution in [3.05, 3.63) is 40.2 Å². The summed E-state index contributed by atoms with van der Waals surface area (Å²) in [6.07, 6.45) is 0. The molecule has 0 aliphatic heterocycles. The average molecular weight is 277 g/mol. The molecule has 0 atom stereocenters. The van der Waals surface area contributed by atoms with Crippen molar-refractivity contribution in [1.82, 2.24) is 4.90 Å². The van der Waals surface area contributed by atoms with E-state index in [0.717, 1.165) is 17.5 Å². The quantitative estimate of drug-likeness (QED) is 0.813. The highest BCUT2D eigenvalue weighted by atomic mass is 16.5. The van der Waals surface area contributed by atoms with Crippen molar-refractivity contribution >= 4 is 11.0 Å². The smallest absolute Gasteiger partial charge is 0.336 e. The second-order valence-corrected chi connectivity index (χ2v) is 4.55. The fraction of sp³-hybridized carbons (Fsp3) is 0.400. The summed E-state index contributed by atoms with van der Waals surface area (Å²) in [6, 6.07) is 6.95. The van der Waals surface area contributed by atoms with Gasteiger partial charge in [-0.3, -0.25) is 4.90 Å². The van der Waals surface area contributed by atoms with E-state index in [0.29, 0.717) is 24.4 Å². The zero-order chi connectivity index (χ0) is 14.5. The molecule has 0 saturated heterocycles. The fourth-order valence-electron chi connectivity index (χ4n) is 2.20. The molecule has 0 radical (unpaired) electrons. The number of nitrogens with zero attached hydrogens (tertiary/aromatic N) is 1. The molecule has 0 fully saturated rings. The molecular formula is C15H19NO4. The molecule has 1 aromatic heterocycles. The van der Waals surface area contributed by atoms with E-state index in [1.165, 1.54) is 6.07 Å². The number of likely N-dealkylation sites (N-methyl/N-ethyl adjacent to an activating group) is 1. The predicted molar refractivity (Wildman–Crippen MR) is 77.1 cm³/mol. The summed E-state index contributed by atoms with van der Waals surface area (Å²) in [5.41, 5.74) is 1.04. The van der Waals surface area contributed by atoms with Gasteiger partial charge in [-0.1, -0.05) is 6.92 Å². The minimum atomic E-state index is -0.374. The van der Waals surface area contributed by atoms with Crippen LogP contribution in [0, 0.1) is 0 Å². The molecule has 0 aliphatic carbocycles. The van der Waals surface area contributed by atoms with Gasteiger partial charge in [0.25, 0.3) is 0 Å². The Balaban J connectivity index is 2.44. The van der Waals surface area contributed by atoms with Crippen LogP contribution in [-0.4, -0.2) is 36.8 Å². The minimum absolute atomic E-state index is 0.0983. The highest BCUT2D eigenvalue weighted by molar-refractivity contribution is 5.81. The van der Waals surface area contributed by atoms with Gasteiger partial charge in [-0.2, -0.15) is 0 Å². The molecule has 2 rings (SSSR count). The van der Waals surface area contributed by atoms with Gasteiger partial charge < -0.3 is 14.3 Å². The summed E-state index contributed by atoms with van der Waals surface area (Å²) < 4.78 is 10.4. The van der Waals surface area contributed by atoms with Crippen molar-refractivity contribution < 1.29 is 14.3 Å². The predicted octanol–water partition coefficient (Wildman–Crippen LogP) is 1.62. The van der Waals surface area contributed by atoms with E-state index in [9.17, 15) is 4.79 Å². The Bertz CT molecular complexity index is 635. The van der Waals surface area contributed by atoms with Crippen LogP contribution < -0.4 is 10.4 Å². The first-order valence-electron chi connectivity index (χ1n) is 6.62. The molecule has 0 spiro atoms. The van der Waals surface area contributed by atoms with Gasteiger partial charge in [-0.15, -0.1) is 0 Å². The lowest BCUT2D eigenvalue weighted by atomic mass is 10.1. The number of methoxy groups -OCH3 is 1. The number of fused-ring (bicyclic) bond motifs is 1. The SMILES string of the molecule is CCN(CCO)Cc1cc(=O)oc2cc(OC)ccc12. The molecule has 0 aliphatic rings. The van der Waals surface area contributed by atoms with Crippen LogP contribution in [0.2, 0.25) is 0 Å². The minimum Gasteiger partial charge on any atom is -0.497 e. The standard InChI is InChI=1S/C15H19NO4/c1-3-16(6-7-17)10-11-8-15(18)20-14-9-12(19-2)4-5-13(11)14/h4-5,8-9,17H,3,6-7,10H2,1-2H3. The highest BCUT2D eigenvalue weighted by Crippen LogP contribution is 2.23. The Morgan fingerprint density at radius 1 is 1.35 bits per heavy atom. The summed E-state index contributed by atoms with van der Waals surface area (Å²) in [6.45, 7) is 4.10. The lowest BCUT2D eigenvalue weighted by Gasteiger charge is -2.19. The van der Waals surface area contributed by atoms with Crippen molar-refractivity contribution in [3.63, 3.8) is 0 Å². The Kier molecular flexibility index (Phi) is 4.76. The van der Waals surface area contributed by atoms with Gasteiger partial charge in [-0.25, -0.2) is 4.79 Å². The molecule has 1 aromatic carbocycles. The third-order valence-corrected chi connectivity index (χ3v) is 3.29. The van der Waals surface area contributed by atoms with Crippen LogP contribution in [0.3, 0.4) is 0 Å². The van der Waals surface area contributed by atoms with Gasteiger partial charge >= 0.3 is 5.63 Å². The third-order valence-electron chi connectivity index (χ3n) is 3.29. The highest BCUT2D eigenvalue weighted by Gasteiger charge is 2.10. The first-order chi connectivity index (χ1) is 9.67. The number of ether oxygens (including phenoxy) is 1. The molecule has 108 valence electrons. The van der Waals surface area contributed by atoms with Crippen LogP contribution >= 0.6 is 0 Å². The summed E-state index contributed by atoms with van der Waals surface area (Å²) >= 11 is 0. The van der Waals surface area contributed by atoms with Gasteiger partial charge in [0.15, 0.2) is 0 Å². The van der Waals surface area contributed by atoms with Crippen molar-refractivity contribution in [2.75, 3.05) is 26.8 Å². The number of rotatable bonds is 6. The van der Waals surface area contributed by atoms with Crippen LogP contribution in [0.25, 0.3) is 11.0 Å². The molecule has 20 heavy (non-hydrogen) atoms. The van der Waals surface area contributed by atoms with Gasteiger partial charge in [-0.05, 0) is 24.2 Å². The zero-order valence-electron chi connectivity index (χ0n) is 11.8. The molecule has 0 bridgehead atoms. The maximum absolute atomic E-state index is 11.7. The first-order valence-corrected chi connectivity index (χ1v) is 6.62. The third kappa shape index (κ3) is 3.18. The van der Waals surface area contributed by atoms with Crippen molar-refractivity contribution in [2.24, 2.45) is 0 Å². The number of benzene rings is 1. The lowest BCUT2D eigenvalue weighted by Crippen LogP contribution is -2.26. The Morgan fingerprint density at radius 3 is 2.80 bits per heavy atom. The summed E-state index contributed by atoms with van der Waals surface area (Å²) in [5, 5.41) is 9.93. The molecular weight excluding hydrogens is 258 g/mol. The van der Waals surface area contributed by atoms with Crippen molar-refractivity contribution in [1.29, 1.82) is 0 Å². The number of hydrogen-bond donors (Lipinski definition) is 1. The van der Waals surface area contributed by atoms with E-state index in [1.54, 1.807) is 13.2 Å². The van der Waals surface area contributed by atoms with E-state index in [-0.39, 0.29) is 12.2 Å². The molecule has 0 amide bonds. The fourth-order valence-corrected chi connectivity index (χ4v) is 2.20. The van der Waals surface area contributed by atoms with E-state index >= 15 is 0 Å². The van der Waals surface area contributed by atoms with Gasteiger partial charge in [0.05, 0.1) is 13.7 Å². The first kappa shape index (κ1) is 14.6. The van der Waals surface area contributed by atoms with E-state index in [1.807, 2.05) is 19.1 Å². The largest absolute Gasteiger partial charge is 0.497 e. The van der Waals surface area contributed by atoms with Crippen molar-refractivity contribution in [2.45, 2.75) is 13.5 Å². The van der Waals surface area contributed by atoms with Gasteiger partial charge in [0.1, 0.15) is 11.3 Å². The van der Waals surface area contributed by atoms with Gasteiger partial charge in [0.2, 0.25) is 0 Å². The monoisotopic (exact) mass is 277 g/mol. The number of hydrogen-bond acceptors (Lipinski definition) is 5. The maximum Gasteiger partial charge on any atom is 0.336 e. The molecule has 1 N–H and O–H groups in total. The Labute approximate surface area is 117 Å². The summed E-state index contributed by atoms with van der Waals surface area (Å²) in [4.78, 5) is 13.7. The van der Waals surface area contributed by atoms with Crippen molar-refractivity contribution in [3.8, 4) is 5.75 Å². The molecule has 5 nitrogen and oxygen atoms in total. The molecule has 2 aromatic rings. The van der Waals surface area contributed by atoms with Crippen LogP contribution in [0.4, 0.5) is 0 Å². The summed E-state index contributed by atoms with van der Waals surface area (Å²) in [5.74, 6) is 0.653. The van der Waals surface area contributed by atoms with Gasteiger partial charge in [0, 0.05) is 30.6 Å². The topological polar surface area (TPSA) is 62.9 Å². The normalized spacial score (nSPS) is 11.2. The van der Waals surface area contributed by atoms with Crippen LogP contribution in [0.15, 0.2) is 33.5 Å². The molecule has 0 saturated carbocycles. The molecule has 5 heteroatoms. The van der Waals surface area contributed by atoms with Crippen LogP contribution in [0.5, 0.6) is 5.75 Å². The van der Waals surface area contributed by atoms with Crippen LogP contribution in [-0.2, 0) is 6.54 Å². The number of aliphatic hydroxyl groups excluding tert-OH is 1. The Morgan fingerprint density at radius 2 is 2.15 bits per heavy atom. The average Bonchev–Trinajstić information content (AvgIpc) is 2.45. The summed E-state index contributed by atoms with van der Waals surface area (Å²) in [7, 11) is 1.57.